The highest BCUT2D eigenvalue weighted by Gasteiger charge is 2.32. The summed E-state index contributed by atoms with van der Waals surface area (Å²) in [6.45, 7) is 5.65. The first-order valence-corrected chi connectivity index (χ1v) is 12.1. The van der Waals surface area contributed by atoms with Gasteiger partial charge >= 0.3 is 0 Å². The van der Waals surface area contributed by atoms with Crippen molar-refractivity contribution in [2.45, 2.75) is 42.8 Å². The van der Waals surface area contributed by atoms with E-state index in [4.69, 9.17) is 0 Å². The second-order valence-electron chi connectivity index (χ2n) is 6.29. The van der Waals surface area contributed by atoms with Crippen LogP contribution in [0.2, 0.25) is 0 Å². The van der Waals surface area contributed by atoms with Crippen LogP contribution >= 0.6 is 23.1 Å². The summed E-state index contributed by atoms with van der Waals surface area (Å²) < 4.78 is 26.5. The fourth-order valence-electron chi connectivity index (χ4n) is 2.50. The third-order valence-electron chi connectivity index (χ3n) is 3.60. The predicted octanol–water partition coefficient (Wildman–Crippen LogP) is 3.13. The second-order valence-corrected chi connectivity index (χ2v) is 10.9. The van der Waals surface area contributed by atoms with Gasteiger partial charge in [-0.3, -0.25) is 24.5 Å². The number of nitrogens with one attached hydrogen (secondary N) is 1. The quantitative estimate of drug-likeness (QED) is 0.261. The van der Waals surface area contributed by atoms with Gasteiger partial charge in [-0.05, 0) is 12.5 Å². The molecule has 1 heterocycles. The van der Waals surface area contributed by atoms with Gasteiger partial charge in [-0.15, -0.1) is 10.2 Å². The normalized spacial score (nSPS) is 12.6. The van der Waals surface area contributed by atoms with E-state index in [2.05, 4.69) is 15.5 Å². The van der Waals surface area contributed by atoms with E-state index in [0.717, 1.165) is 16.6 Å². The topological polar surface area (TPSA) is 135 Å². The number of nitro benzene ring substituents is 1. The molecule has 1 aromatic heterocycles. The van der Waals surface area contributed by atoms with E-state index in [1.807, 2.05) is 13.8 Å². The molecule has 0 fully saturated rings. The van der Waals surface area contributed by atoms with Crippen LogP contribution in [0.5, 0.6) is 0 Å². The first kappa shape index (κ1) is 23.0. The average molecular weight is 460 g/mol. The number of hydrogen-bond donors (Lipinski definition) is 1. The lowest BCUT2D eigenvalue weighted by Gasteiger charge is -2.29. The maximum atomic E-state index is 12.8. The maximum Gasteiger partial charge on any atom is 0.271 e. The fourth-order valence-corrected chi connectivity index (χ4v) is 5.68. The zero-order valence-electron chi connectivity index (χ0n) is 16.2. The molecule has 0 aliphatic carbocycles. The molecule has 13 heteroatoms. The molecule has 1 aromatic carbocycles. The van der Waals surface area contributed by atoms with Crippen molar-refractivity contribution in [3.05, 3.63) is 34.4 Å². The van der Waals surface area contributed by atoms with Crippen LogP contribution in [-0.4, -0.2) is 47.0 Å². The summed E-state index contributed by atoms with van der Waals surface area (Å²) in [5.41, 5.74) is -0.233. The first-order chi connectivity index (χ1) is 13.5. The van der Waals surface area contributed by atoms with Gasteiger partial charge in [0.15, 0.2) is 4.34 Å². The molecule has 0 spiro atoms. The number of sulfonamides is 1. The molecular weight excluding hydrogens is 438 g/mol. The van der Waals surface area contributed by atoms with Crippen molar-refractivity contribution in [3.8, 4) is 0 Å². The summed E-state index contributed by atoms with van der Waals surface area (Å²) in [7, 11) is -3.91. The van der Waals surface area contributed by atoms with E-state index in [0.29, 0.717) is 9.59 Å². The Balaban J connectivity index is 2.33. The third-order valence-corrected chi connectivity index (χ3v) is 6.70. The number of thioether (sulfide) groups is 1. The highest BCUT2D eigenvalue weighted by Crippen LogP contribution is 2.30. The summed E-state index contributed by atoms with van der Waals surface area (Å²) >= 11 is 2.69. The van der Waals surface area contributed by atoms with E-state index in [1.54, 1.807) is 6.92 Å². The zero-order valence-corrected chi connectivity index (χ0v) is 18.7. The Morgan fingerprint density at radius 2 is 2.07 bits per heavy atom. The maximum absolute atomic E-state index is 12.8. The summed E-state index contributed by atoms with van der Waals surface area (Å²) in [6, 6.07) is 4.04. The standard InChI is InChI=1S/C16H21N5O5S3/c1-5-13(14(22)17-15-18-19-16(28-15)27-10(2)3)20(29(4,25)26)11-7-6-8-12(9-11)21(23)24/h6-10,13H,5H2,1-4H3,(H,17,18,22)/t13-/m1/s1. The number of carbonyl (C=O) groups is 1. The molecule has 2 rings (SSSR count). The molecule has 1 amide bonds. The molecule has 1 N–H and O–H groups in total. The molecule has 0 bridgehead atoms. The number of amides is 1. The number of carbonyl (C=O) groups excluding carboxylic acids is 1. The minimum absolute atomic E-state index is 0.0389. The van der Waals surface area contributed by atoms with Crippen LogP contribution in [0.1, 0.15) is 27.2 Å². The predicted molar refractivity (Wildman–Crippen MR) is 114 cm³/mol. The van der Waals surface area contributed by atoms with Gasteiger partial charge in [0.2, 0.25) is 21.1 Å². The minimum Gasteiger partial charge on any atom is -0.299 e. The largest absolute Gasteiger partial charge is 0.299 e. The lowest BCUT2D eigenvalue weighted by Crippen LogP contribution is -2.47. The molecule has 2 aromatic rings. The van der Waals surface area contributed by atoms with E-state index in [9.17, 15) is 23.3 Å². The molecule has 29 heavy (non-hydrogen) atoms. The van der Waals surface area contributed by atoms with E-state index in [-0.39, 0.29) is 22.9 Å². The van der Waals surface area contributed by atoms with E-state index >= 15 is 0 Å². The van der Waals surface area contributed by atoms with Gasteiger partial charge in [-0.1, -0.05) is 49.9 Å². The van der Waals surface area contributed by atoms with Crippen molar-refractivity contribution in [1.82, 2.24) is 10.2 Å². The van der Waals surface area contributed by atoms with Crippen LogP contribution in [0.25, 0.3) is 0 Å². The Kier molecular flexibility index (Phi) is 7.54. The Morgan fingerprint density at radius 3 is 2.62 bits per heavy atom. The van der Waals surface area contributed by atoms with E-state index < -0.39 is 26.9 Å². The second kappa shape index (κ2) is 9.50. The van der Waals surface area contributed by atoms with Gasteiger partial charge in [0.05, 0.1) is 16.9 Å². The van der Waals surface area contributed by atoms with Crippen molar-refractivity contribution in [2.75, 3.05) is 15.9 Å². The number of nitrogens with zero attached hydrogens (tertiary/aromatic N) is 4. The molecule has 0 unspecified atom stereocenters. The summed E-state index contributed by atoms with van der Waals surface area (Å²) in [4.78, 5) is 23.3. The number of non-ortho nitro benzene ring substituents is 1. The molecule has 10 nitrogen and oxygen atoms in total. The van der Waals surface area contributed by atoms with Crippen LogP contribution in [0.3, 0.4) is 0 Å². The molecule has 0 aliphatic rings. The number of anilines is 2. The Hall–Kier alpha value is -2.25. The fraction of sp³-hybridized carbons (Fsp3) is 0.438. The summed E-state index contributed by atoms with van der Waals surface area (Å²) in [5.74, 6) is -0.596. The number of rotatable bonds is 9. The van der Waals surface area contributed by atoms with Crippen LogP contribution in [-0.2, 0) is 14.8 Å². The van der Waals surface area contributed by atoms with Crippen LogP contribution in [0, 0.1) is 10.1 Å². The van der Waals surface area contributed by atoms with Crippen molar-refractivity contribution in [3.63, 3.8) is 0 Å². The zero-order chi connectivity index (χ0) is 21.8. The number of aromatic nitrogens is 2. The molecule has 0 aliphatic heterocycles. The minimum atomic E-state index is -3.91. The first-order valence-electron chi connectivity index (χ1n) is 8.57. The highest BCUT2D eigenvalue weighted by atomic mass is 32.2. The van der Waals surface area contributed by atoms with Gasteiger partial charge < -0.3 is 0 Å². The Morgan fingerprint density at radius 1 is 1.38 bits per heavy atom. The van der Waals surface area contributed by atoms with Crippen molar-refractivity contribution < 1.29 is 18.1 Å². The van der Waals surface area contributed by atoms with Crippen molar-refractivity contribution >= 4 is 55.5 Å². The molecule has 0 saturated carbocycles. The van der Waals surface area contributed by atoms with Crippen molar-refractivity contribution in [2.24, 2.45) is 0 Å². The molecular formula is C16H21N5O5S3. The molecule has 158 valence electrons. The Bertz CT molecular complexity index is 992. The third kappa shape index (κ3) is 6.11. The highest BCUT2D eigenvalue weighted by molar-refractivity contribution is 8.01. The number of hydrogen-bond acceptors (Lipinski definition) is 9. The average Bonchev–Trinajstić information content (AvgIpc) is 3.04. The van der Waals surface area contributed by atoms with Gasteiger partial charge in [-0.2, -0.15) is 0 Å². The smallest absolute Gasteiger partial charge is 0.271 e. The van der Waals surface area contributed by atoms with Gasteiger partial charge in [0, 0.05) is 17.4 Å². The van der Waals surface area contributed by atoms with Gasteiger partial charge in [-0.25, -0.2) is 8.42 Å². The molecule has 0 saturated heterocycles. The molecule has 0 radical (unpaired) electrons. The van der Waals surface area contributed by atoms with Crippen molar-refractivity contribution in [1.29, 1.82) is 0 Å². The van der Waals surface area contributed by atoms with E-state index in [1.165, 1.54) is 41.3 Å². The summed E-state index contributed by atoms with van der Waals surface area (Å²) in [6.07, 6.45) is 1.10. The van der Waals surface area contributed by atoms with Crippen LogP contribution < -0.4 is 9.62 Å². The SMILES string of the molecule is CC[C@H](C(=O)Nc1nnc(SC(C)C)s1)N(c1cccc([N+](=O)[O-])c1)S(C)(=O)=O. The van der Waals surface area contributed by atoms with Crippen LogP contribution in [0.15, 0.2) is 28.6 Å². The monoisotopic (exact) mass is 459 g/mol. The lowest BCUT2D eigenvalue weighted by molar-refractivity contribution is -0.384. The molecule has 1 atom stereocenters. The Labute approximate surface area is 176 Å². The summed E-state index contributed by atoms with van der Waals surface area (Å²) in [5, 5.41) is 22.1. The number of nitro groups is 1. The lowest BCUT2D eigenvalue weighted by atomic mass is 10.2. The van der Waals surface area contributed by atoms with Crippen LogP contribution in [0.4, 0.5) is 16.5 Å². The van der Waals surface area contributed by atoms with Gasteiger partial charge in [0.25, 0.3) is 5.69 Å². The number of benzene rings is 1. The van der Waals surface area contributed by atoms with Gasteiger partial charge in [0.1, 0.15) is 6.04 Å².